The van der Waals surface area contributed by atoms with Crippen LogP contribution in [0.4, 0.5) is 21.6 Å². The average Bonchev–Trinajstić information content (AvgIpc) is 3.57. The topological polar surface area (TPSA) is 91.2 Å². The number of carbonyl (C=O) groups is 1. The predicted molar refractivity (Wildman–Crippen MR) is 174 cm³/mol. The summed E-state index contributed by atoms with van der Waals surface area (Å²) in [5.74, 6) is 0.356. The molecule has 1 amide bonds. The van der Waals surface area contributed by atoms with Gasteiger partial charge in [-0.2, -0.15) is 0 Å². The molecule has 234 valence electrons. The van der Waals surface area contributed by atoms with Gasteiger partial charge in [0, 0.05) is 35.6 Å². The van der Waals surface area contributed by atoms with Gasteiger partial charge >= 0.3 is 0 Å². The molecule has 8 rings (SSSR count). The van der Waals surface area contributed by atoms with Crippen molar-refractivity contribution >= 4 is 34.1 Å². The molecule has 1 aliphatic carbocycles. The molecule has 0 unspecified atom stereocenters. The second kappa shape index (κ2) is 11.2. The SMILES string of the molecule is CC(C)n1cnc2cc(-c3ccc4c(c3)N([C@H]3C[C@@H](N5CCCCC5)C3)C(=O)C43CCNCC3)nc(Nc3ccncc3F)c21. The number of halogens is 1. The molecule has 9 nitrogen and oxygen atoms in total. The molecule has 0 atom stereocenters. The Bertz CT molecular complexity index is 1750. The summed E-state index contributed by atoms with van der Waals surface area (Å²) in [5, 5.41) is 6.70. The second-order valence-corrected chi connectivity index (χ2v) is 13.6. The van der Waals surface area contributed by atoms with Crippen LogP contribution in [0.3, 0.4) is 0 Å². The standard InChI is InChI=1S/C35H41FN8O/c1-22(2)43-21-39-30-19-29(41-33(32(30)43)40-28-8-11-38-20-27(28)36)23-6-7-26-31(16-23)44(34(45)35(26)9-12-37-13-10-35)25-17-24(18-25)42-14-4-3-5-15-42/h6-8,11,16,19-22,24-25,37H,3-5,9-10,12-15,17-18H2,1-2H3,(H,38,40,41)/t24-,25+. The summed E-state index contributed by atoms with van der Waals surface area (Å²) in [6.07, 6.45) is 12.2. The number of hydrogen-bond donors (Lipinski definition) is 2. The van der Waals surface area contributed by atoms with Crippen LogP contribution in [0.2, 0.25) is 0 Å². The van der Waals surface area contributed by atoms with Gasteiger partial charge in [0.2, 0.25) is 5.91 Å². The monoisotopic (exact) mass is 608 g/mol. The number of imidazole rings is 1. The molecule has 1 aromatic carbocycles. The average molecular weight is 609 g/mol. The maximum absolute atomic E-state index is 14.7. The Morgan fingerprint density at radius 3 is 2.60 bits per heavy atom. The molecule has 3 fully saturated rings. The zero-order chi connectivity index (χ0) is 30.7. The number of pyridine rings is 2. The first-order chi connectivity index (χ1) is 21.9. The van der Waals surface area contributed by atoms with Crippen LogP contribution in [0.1, 0.15) is 70.4 Å². The Kier molecular flexibility index (Phi) is 7.09. The van der Waals surface area contributed by atoms with E-state index in [1.165, 1.54) is 38.5 Å². The van der Waals surface area contributed by atoms with E-state index >= 15 is 0 Å². The van der Waals surface area contributed by atoms with E-state index < -0.39 is 11.2 Å². The highest BCUT2D eigenvalue weighted by atomic mass is 19.1. The van der Waals surface area contributed by atoms with E-state index in [0.717, 1.165) is 72.3 Å². The zero-order valence-electron chi connectivity index (χ0n) is 26.1. The molecular weight excluding hydrogens is 567 g/mol. The fraction of sp³-hybridized carbons (Fsp3) is 0.486. The number of anilines is 3. The Morgan fingerprint density at radius 2 is 1.84 bits per heavy atom. The van der Waals surface area contributed by atoms with E-state index in [4.69, 9.17) is 9.97 Å². The van der Waals surface area contributed by atoms with Crippen molar-refractivity contribution in [1.29, 1.82) is 0 Å². The van der Waals surface area contributed by atoms with E-state index in [1.807, 2.05) is 17.0 Å². The molecule has 1 spiro atoms. The number of benzene rings is 1. The maximum Gasteiger partial charge on any atom is 0.238 e. The van der Waals surface area contributed by atoms with Crippen molar-refractivity contribution in [3.8, 4) is 11.3 Å². The lowest BCUT2D eigenvalue weighted by Gasteiger charge is -2.48. The van der Waals surface area contributed by atoms with Gasteiger partial charge in [0.1, 0.15) is 5.52 Å². The third-order valence-corrected chi connectivity index (χ3v) is 10.6. The number of aromatic nitrogens is 4. The third-order valence-electron chi connectivity index (χ3n) is 10.6. The molecule has 6 heterocycles. The van der Waals surface area contributed by atoms with Crippen LogP contribution in [0, 0.1) is 5.82 Å². The van der Waals surface area contributed by atoms with E-state index in [-0.39, 0.29) is 18.0 Å². The predicted octanol–water partition coefficient (Wildman–Crippen LogP) is 5.94. The number of rotatable bonds is 6. The molecule has 2 saturated heterocycles. The minimum Gasteiger partial charge on any atom is -0.336 e. The highest BCUT2D eigenvalue weighted by Crippen LogP contribution is 2.51. The lowest BCUT2D eigenvalue weighted by atomic mass is 9.74. The first-order valence-electron chi connectivity index (χ1n) is 16.6. The van der Waals surface area contributed by atoms with E-state index in [0.29, 0.717) is 17.5 Å². The van der Waals surface area contributed by atoms with Crippen LogP contribution in [0.25, 0.3) is 22.3 Å². The molecule has 3 aliphatic heterocycles. The summed E-state index contributed by atoms with van der Waals surface area (Å²) in [6.45, 7) is 8.23. The van der Waals surface area contributed by atoms with Crippen LogP contribution in [-0.2, 0) is 10.2 Å². The third kappa shape index (κ3) is 4.72. The minimum absolute atomic E-state index is 0.141. The van der Waals surface area contributed by atoms with E-state index in [9.17, 15) is 9.18 Å². The lowest BCUT2D eigenvalue weighted by Crippen LogP contribution is -2.58. The van der Waals surface area contributed by atoms with Gasteiger partial charge in [-0.3, -0.25) is 9.78 Å². The highest BCUT2D eigenvalue weighted by molar-refractivity contribution is 6.09. The van der Waals surface area contributed by atoms with Gasteiger partial charge in [-0.15, -0.1) is 0 Å². The van der Waals surface area contributed by atoms with Crippen molar-refractivity contribution in [1.82, 2.24) is 29.7 Å². The van der Waals surface area contributed by atoms with Crippen molar-refractivity contribution < 1.29 is 9.18 Å². The summed E-state index contributed by atoms with van der Waals surface area (Å²) in [6, 6.07) is 11.0. The fourth-order valence-electron chi connectivity index (χ4n) is 8.09. The molecule has 1 saturated carbocycles. The van der Waals surface area contributed by atoms with Gasteiger partial charge in [0.25, 0.3) is 0 Å². The van der Waals surface area contributed by atoms with Gasteiger partial charge in [-0.25, -0.2) is 14.4 Å². The number of amides is 1. The van der Waals surface area contributed by atoms with Crippen molar-refractivity contribution in [2.45, 2.75) is 82.3 Å². The number of nitrogens with one attached hydrogen (secondary N) is 2. The summed E-state index contributed by atoms with van der Waals surface area (Å²) in [7, 11) is 0. The molecule has 4 aliphatic rings. The molecule has 3 aromatic heterocycles. The Morgan fingerprint density at radius 1 is 1.04 bits per heavy atom. The molecule has 45 heavy (non-hydrogen) atoms. The number of hydrogen-bond acceptors (Lipinski definition) is 7. The number of likely N-dealkylation sites (tertiary alicyclic amines) is 1. The first-order valence-corrected chi connectivity index (χ1v) is 16.6. The van der Waals surface area contributed by atoms with Gasteiger partial charge in [-0.1, -0.05) is 18.6 Å². The van der Waals surface area contributed by atoms with Crippen LogP contribution in [0.15, 0.2) is 49.1 Å². The lowest BCUT2D eigenvalue weighted by molar-refractivity contribution is -0.125. The maximum atomic E-state index is 14.7. The number of piperidine rings is 2. The smallest absolute Gasteiger partial charge is 0.238 e. The van der Waals surface area contributed by atoms with Gasteiger partial charge < -0.3 is 25.0 Å². The first kappa shape index (κ1) is 28.6. The van der Waals surface area contributed by atoms with Crippen LogP contribution in [0.5, 0.6) is 0 Å². The van der Waals surface area contributed by atoms with E-state index in [2.05, 4.69) is 57.5 Å². The van der Waals surface area contributed by atoms with Gasteiger partial charge in [0.15, 0.2) is 11.6 Å². The van der Waals surface area contributed by atoms with Crippen LogP contribution in [-0.4, -0.2) is 68.6 Å². The normalized spacial score (nSPS) is 23.1. The van der Waals surface area contributed by atoms with Crippen molar-refractivity contribution in [2.75, 3.05) is 36.4 Å². The number of nitrogens with zero attached hydrogens (tertiary/aromatic N) is 6. The molecule has 2 N–H and O–H groups in total. The largest absolute Gasteiger partial charge is 0.336 e. The Labute approximate surface area is 263 Å². The second-order valence-electron chi connectivity index (χ2n) is 13.6. The van der Waals surface area contributed by atoms with E-state index in [1.54, 1.807) is 12.3 Å². The Hall–Kier alpha value is -3.89. The zero-order valence-corrected chi connectivity index (χ0v) is 26.1. The van der Waals surface area contributed by atoms with Crippen molar-refractivity contribution in [3.63, 3.8) is 0 Å². The molecule has 4 aromatic rings. The molecule has 0 radical (unpaired) electrons. The summed E-state index contributed by atoms with van der Waals surface area (Å²) >= 11 is 0. The molecule has 10 heteroatoms. The highest BCUT2D eigenvalue weighted by Gasteiger charge is 2.54. The fourth-order valence-corrected chi connectivity index (χ4v) is 8.09. The number of fused-ring (bicyclic) bond motifs is 3. The molecule has 0 bridgehead atoms. The van der Waals surface area contributed by atoms with Gasteiger partial charge in [0.05, 0.1) is 34.8 Å². The Balaban J connectivity index is 1.20. The minimum atomic E-state index is -0.464. The van der Waals surface area contributed by atoms with Gasteiger partial charge in [-0.05, 0) is 102 Å². The summed E-state index contributed by atoms with van der Waals surface area (Å²) in [4.78, 5) is 32.9. The van der Waals surface area contributed by atoms with Crippen molar-refractivity contribution in [2.24, 2.45) is 0 Å². The summed E-state index contributed by atoms with van der Waals surface area (Å²) < 4.78 is 16.8. The molecular formula is C35H41FN8O. The van der Waals surface area contributed by atoms with Crippen LogP contribution < -0.4 is 15.5 Å². The van der Waals surface area contributed by atoms with Crippen LogP contribution >= 0.6 is 0 Å². The summed E-state index contributed by atoms with van der Waals surface area (Å²) in [5.41, 5.74) is 5.27. The van der Waals surface area contributed by atoms with Crippen molar-refractivity contribution in [3.05, 3.63) is 60.4 Å². The number of carbonyl (C=O) groups excluding carboxylic acids is 1. The quantitative estimate of drug-likeness (QED) is 0.280.